The summed E-state index contributed by atoms with van der Waals surface area (Å²) in [5, 5.41) is 0.691. The molecule has 23 heavy (non-hydrogen) atoms. The molecule has 7 nitrogen and oxygen atoms in total. The van der Waals surface area contributed by atoms with Gasteiger partial charge in [-0.15, -0.1) is 0 Å². The van der Waals surface area contributed by atoms with E-state index in [0.717, 1.165) is 0 Å². The van der Waals surface area contributed by atoms with Crippen molar-refractivity contribution >= 4 is 28.7 Å². The highest BCUT2D eigenvalue weighted by Gasteiger charge is 2.17. The van der Waals surface area contributed by atoms with Crippen LogP contribution in [0.4, 0.5) is 0 Å². The Bertz CT molecular complexity index is 748. The number of fused-ring (bicyclic) bond motifs is 1. The highest BCUT2D eigenvalue weighted by atomic mass is 16.5. The van der Waals surface area contributed by atoms with Gasteiger partial charge in [-0.05, 0) is 6.07 Å². The number of carbonyl (C=O) groups excluding carboxylic acids is 3. The van der Waals surface area contributed by atoms with E-state index in [0.29, 0.717) is 16.5 Å². The van der Waals surface area contributed by atoms with Gasteiger partial charge in [-0.3, -0.25) is 9.59 Å². The van der Waals surface area contributed by atoms with Gasteiger partial charge in [0.05, 0.1) is 12.7 Å². The van der Waals surface area contributed by atoms with Crippen LogP contribution in [-0.4, -0.2) is 55.1 Å². The van der Waals surface area contributed by atoms with E-state index in [4.69, 9.17) is 9.47 Å². The van der Waals surface area contributed by atoms with Crippen molar-refractivity contribution in [1.82, 2.24) is 9.47 Å². The number of likely N-dealkylation sites (N-methyl/N-ethyl adjacent to an activating group) is 1. The smallest absolute Gasteiger partial charge is 0.340 e. The number of nitrogens with zero attached hydrogens (tertiary/aromatic N) is 2. The van der Waals surface area contributed by atoms with Crippen molar-refractivity contribution in [3.63, 3.8) is 0 Å². The van der Waals surface area contributed by atoms with Crippen LogP contribution in [0, 0.1) is 0 Å². The number of hydrogen-bond donors (Lipinski definition) is 0. The second-order valence-corrected chi connectivity index (χ2v) is 5.13. The monoisotopic (exact) mass is 318 g/mol. The molecule has 0 aliphatic carbocycles. The number of benzene rings is 1. The van der Waals surface area contributed by atoms with E-state index in [2.05, 4.69) is 0 Å². The molecule has 0 bridgehead atoms. The Morgan fingerprint density at radius 1 is 1.17 bits per heavy atom. The number of hydrogen-bond acceptors (Lipinski definition) is 5. The molecule has 0 saturated heterocycles. The maximum atomic E-state index is 11.9. The molecule has 7 heteroatoms. The molecule has 0 saturated carbocycles. The molecule has 2 rings (SSSR count). The van der Waals surface area contributed by atoms with Crippen LogP contribution < -0.4 is 0 Å². The summed E-state index contributed by atoms with van der Waals surface area (Å²) in [6.07, 6.45) is 1.55. The summed E-state index contributed by atoms with van der Waals surface area (Å²) < 4.78 is 11.3. The fourth-order valence-electron chi connectivity index (χ4n) is 2.11. The largest absolute Gasteiger partial charge is 0.465 e. The predicted octanol–water partition coefficient (Wildman–Crippen LogP) is 1.06. The lowest BCUT2D eigenvalue weighted by Gasteiger charge is -2.11. The first-order chi connectivity index (χ1) is 10.9. The van der Waals surface area contributed by atoms with Gasteiger partial charge in [-0.25, -0.2) is 4.79 Å². The minimum absolute atomic E-state index is 0.0990. The van der Waals surface area contributed by atoms with Crippen LogP contribution in [0.5, 0.6) is 0 Å². The van der Waals surface area contributed by atoms with Crippen LogP contribution in [0.2, 0.25) is 0 Å². The Morgan fingerprint density at radius 2 is 1.87 bits per heavy atom. The van der Waals surface area contributed by atoms with Crippen molar-refractivity contribution in [2.75, 3.05) is 27.8 Å². The molecule has 1 heterocycles. The van der Waals surface area contributed by atoms with Crippen LogP contribution >= 0.6 is 0 Å². The lowest BCUT2D eigenvalue weighted by molar-refractivity contribution is -0.151. The van der Waals surface area contributed by atoms with E-state index in [1.807, 2.05) is 0 Å². The van der Waals surface area contributed by atoms with Crippen molar-refractivity contribution in [3.8, 4) is 0 Å². The van der Waals surface area contributed by atoms with Gasteiger partial charge in [0.1, 0.15) is 6.54 Å². The number of para-hydroxylation sites is 1. The first-order valence-electron chi connectivity index (χ1n) is 6.96. The number of methoxy groups -OCH3 is 1. The van der Waals surface area contributed by atoms with Crippen molar-refractivity contribution in [2.24, 2.45) is 0 Å². The standard InChI is InChI=1S/C16H18N2O5/c1-17(2)14(19)10-23-15(20)9-18-8-12(16(21)22-3)11-6-4-5-7-13(11)18/h4-8H,9-10H2,1-3H3. The van der Waals surface area contributed by atoms with Crippen molar-refractivity contribution in [1.29, 1.82) is 0 Å². The number of amides is 1. The van der Waals surface area contributed by atoms with E-state index in [9.17, 15) is 14.4 Å². The first-order valence-corrected chi connectivity index (χ1v) is 6.96. The summed E-state index contributed by atoms with van der Waals surface area (Å²) in [6.45, 7) is -0.410. The molecule has 0 atom stereocenters. The van der Waals surface area contributed by atoms with Gasteiger partial charge in [0.15, 0.2) is 6.61 Å². The van der Waals surface area contributed by atoms with Crippen LogP contribution in [0.25, 0.3) is 10.9 Å². The number of esters is 2. The third-order valence-electron chi connectivity index (χ3n) is 3.35. The van der Waals surface area contributed by atoms with Crippen LogP contribution in [-0.2, 0) is 25.6 Å². The minimum atomic E-state index is -0.558. The predicted molar refractivity (Wildman–Crippen MR) is 82.9 cm³/mol. The van der Waals surface area contributed by atoms with Crippen molar-refractivity contribution in [3.05, 3.63) is 36.0 Å². The minimum Gasteiger partial charge on any atom is -0.465 e. The molecule has 0 fully saturated rings. The molecule has 1 amide bonds. The summed E-state index contributed by atoms with van der Waals surface area (Å²) in [5.74, 6) is -1.33. The van der Waals surface area contributed by atoms with Crippen LogP contribution in [0.15, 0.2) is 30.5 Å². The molecule has 1 aromatic carbocycles. The Kier molecular flexibility index (Phi) is 5.00. The van der Waals surface area contributed by atoms with Gasteiger partial charge in [0, 0.05) is 31.2 Å². The summed E-state index contributed by atoms with van der Waals surface area (Å²) in [7, 11) is 4.46. The van der Waals surface area contributed by atoms with Crippen molar-refractivity contribution in [2.45, 2.75) is 6.54 Å². The molecule has 1 aromatic heterocycles. The number of rotatable bonds is 5. The summed E-state index contributed by atoms with van der Waals surface area (Å²) >= 11 is 0. The topological polar surface area (TPSA) is 77.8 Å². The summed E-state index contributed by atoms with van der Waals surface area (Å²) in [6, 6.07) is 7.17. The van der Waals surface area contributed by atoms with E-state index in [-0.39, 0.29) is 19.1 Å². The average molecular weight is 318 g/mol. The molecular formula is C16H18N2O5. The Morgan fingerprint density at radius 3 is 2.52 bits per heavy atom. The fourth-order valence-corrected chi connectivity index (χ4v) is 2.11. The maximum Gasteiger partial charge on any atom is 0.340 e. The lowest BCUT2D eigenvalue weighted by atomic mass is 10.2. The van der Waals surface area contributed by atoms with Gasteiger partial charge in [0.2, 0.25) is 0 Å². The Balaban J connectivity index is 2.18. The molecule has 0 aliphatic rings. The average Bonchev–Trinajstić information content (AvgIpc) is 2.90. The normalized spacial score (nSPS) is 10.4. The summed E-state index contributed by atoms with van der Waals surface area (Å²) in [5.41, 5.74) is 1.09. The molecule has 0 aliphatic heterocycles. The van der Waals surface area contributed by atoms with Crippen LogP contribution in [0.3, 0.4) is 0 Å². The molecule has 0 unspecified atom stereocenters. The number of aromatic nitrogens is 1. The van der Waals surface area contributed by atoms with Crippen molar-refractivity contribution < 1.29 is 23.9 Å². The van der Waals surface area contributed by atoms with Gasteiger partial charge in [0.25, 0.3) is 5.91 Å². The molecule has 122 valence electrons. The Labute approximate surface area is 133 Å². The van der Waals surface area contributed by atoms with E-state index in [1.165, 1.54) is 12.0 Å². The third kappa shape index (κ3) is 3.68. The van der Waals surface area contributed by atoms with Gasteiger partial charge >= 0.3 is 11.9 Å². The molecule has 0 radical (unpaired) electrons. The van der Waals surface area contributed by atoms with Crippen LogP contribution in [0.1, 0.15) is 10.4 Å². The fraction of sp³-hybridized carbons (Fsp3) is 0.312. The number of carbonyl (C=O) groups is 3. The van der Waals surface area contributed by atoms with E-state index < -0.39 is 11.9 Å². The zero-order valence-corrected chi connectivity index (χ0v) is 13.2. The highest BCUT2D eigenvalue weighted by Crippen LogP contribution is 2.22. The quantitative estimate of drug-likeness (QED) is 0.770. The second-order valence-electron chi connectivity index (χ2n) is 5.13. The maximum absolute atomic E-state index is 11.9. The second kappa shape index (κ2) is 6.95. The van der Waals surface area contributed by atoms with Gasteiger partial charge in [-0.2, -0.15) is 0 Å². The van der Waals surface area contributed by atoms with Gasteiger partial charge in [-0.1, -0.05) is 18.2 Å². The third-order valence-corrected chi connectivity index (χ3v) is 3.35. The highest BCUT2D eigenvalue weighted by molar-refractivity contribution is 6.04. The SMILES string of the molecule is COC(=O)c1cn(CC(=O)OCC(=O)N(C)C)c2ccccc12. The number of ether oxygens (including phenoxy) is 2. The molecule has 0 spiro atoms. The Hall–Kier alpha value is -2.83. The zero-order valence-electron chi connectivity index (χ0n) is 13.2. The molecule has 0 N–H and O–H groups in total. The first kappa shape index (κ1) is 16.5. The zero-order chi connectivity index (χ0) is 17.0. The van der Waals surface area contributed by atoms with E-state index in [1.54, 1.807) is 49.1 Å². The molecule has 2 aromatic rings. The van der Waals surface area contributed by atoms with E-state index >= 15 is 0 Å². The lowest BCUT2D eigenvalue weighted by Crippen LogP contribution is -2.28. The molecular weight excluding hydrogens is 300 g/mol. The van der Waals surface area contributed by atoms with Gasteiger partial charge < -0.3 is 18.9 Å². The summed E-state index contributed by atoms with van der Waals surface area (Å²) in [4.78, 5) is 36.5.